The summed E-state index contributed by atoms with van der Waals surface area (Å²) in [6.07, 6.45) is 0.525. The fourth-order valence-electron chi connectivity index (χ4n) is 1.92. The largest absolute Gasteiger partial charge is 0.387 e. The van der Waals surface area contributed by atoms with Crippen LogP contribution in [-0.4, -0.2) is 18.2 Å². The van der Waals surface area contributed by atoms with Crippen molar-refractivity contribution in [3.05, 3.63) is 70.2 Å². The van der Waals surface area contributed by atoms with Gasteiger partial charge >= 0.3 is 0 Å². The Hall–Kier alpha value is -1.16. The van der Waals surface area contributed by atoms with Gasteiger partial charge in [0, 0.05) is 11.0 Å². The Labute approximate surface area is 122 Å². The summed E-state index contributed by atoms with van der Waals surface area (Å²) in [5.74, 6) is 0. The van der Waals surface area contributed by atoms with Gasteiger partial charge < -0.3 is 10.4 Å². The number of aliphatic hydroxyl groups is 1. The van der Waals surface area contributed by atoms with E-state index in [-0.39, 0.29) is 0 Å². The Morgan fingerprint density at radius 1 is 1.00 bits per heavy atom. The molecule has 0 aliphatic carbocycles. The number of aliphatic hydroxyl groups excluding tert-OH is 1. The molecule has 0 saturated carbocycles. The molecule has 19 heavy (non-hydrogen) atoms. The molecule has 2 N–H and O–H groups in total. The number of hydrogen-bond acceptors (Lipinski definition) is 2. The van der Waals surface area contributed by atoms with Crippen molar-refractivity contribution in [2.45, 2.75) is 12.5 Å². The van der Waals surface area contributed by atoms with Crippen molar-refractivity contribution < 1.29 is 5.11 Å². The Balaban J connectivity index is 1.72. The lowest BCUT2D eigenvalue weighted by Gasteiger charge is -2.12. The third-order valence-corrected chi connectivity index (χ3v) is 3.55. The predicted molar refractivity (Wildman–Crippen MR) is 82.1 cm³/mol. The first-order valence-corrected chi connectivity index (χ1v) is 7.23. The first-order valence-electron chi connectivity index (χ1n) is 6.44. The molecule has 0 aliphatic heterocycles. The highest BCUT2D eigenvalue weighted by atomic mass is 79.9. The molecular formula is C16H18BrNO. The van der Waals surface area contributed by atoms with Crippen molar-refractivity contribution in [1.82, 2.24) is 5.32 Å². The summed E-state index contributed by atoms with van der Waals surface area (Å²) in [4.78, 5) is 0. The van der Waals surface area contributed by atoms with E-state index in [1.165, 1.54) is 5.56 Å². The molecule has 100 valence electrons. The third kappa shape index (κ3) is 4.78. The van der Waals surface area contributed by atoms with Gasteiger partial charge in [0.2, 0.25) is 0 Å². The molecule has 0 unspecified atom stereocenters. The van der Waals surface area contributed by atoms with E-state index in [0.717, 1.165) is 23.0 Å². The zero-order chi connectivity index (χ0) is 13.5. The van der Waals surface area contributed by atoms with E-state index in [1.807, 2.05) is 42.5 Å². The lowest BCUT2D eigenvalue weighted by Crippen LogP contribution is -2.23. The Bertz CT molecular complexity index is 484. The van der Waals surface area contributed by atoms with Crippen LogP contribution >= 0.6 is 15.9 Å². The van der Waals surface area contributed by atoms with Crippen LogP contribution in [0.3, 0.4) is 0 Å². The number of hydrogen-bond donors (Lipinski definition) is 2. The van der Waals surface area contributed by atoms with E-state index >= 15 is 0 Å². The Morgan fingerprint density at radius 3 is 2.37 bits per heavy atom. The van der Waals surface area contributed by atoms with Crippen LogP contribution in [0.4, 0.5) is 0 Å². The van der Waals surface area contributed by atoms with Gasteiger partial charge in [-0.05, 0) is 36.2 Å². The number of benzene rings is 2. The van der Waals surface area contributed by atoms with Crippen molar-refractivity contribution in [3.8, 4) is 0 Å². The maximum Gasteiger partial charge on any atom is 0.0914 e. The van der Waals surface area contributed by atoms with Gasteiger partial charge in [-0.3, -0.25) is 0 Å². The molecule has 0 amide bonds. The van der Waals surface area contributed by atoms with E-state index in [2.05, 4.69) is 33.4 Å². The minimum Gasteiger partial charge on any atom is -0.387 e. The van der Waals surface area contributed by atoms with Gasteiger partial charge in [0.1, 0.15) is 0 Å². The van der Waals surface area contributed by atoms with E-state index < -0.39 is 6.10 Å². The molecule has 0 aliphatic rings. The first-order chi connectivity index (χ1) is 9.25. The van der Waals surface area contributed by atoms with Crippen molar-refractivity contribution in [2.24, 2.45) is 0 Å². The summed E-state index contributed by atoms with van der Waals surface area (Å²) in [7, 11) is 0. The van der Waals surface area contributed by atoms with Gasteiger partial charge in [0.05, 0.1) is 6.10 Å². The fraction of sp³-hybridized carbons (Fsp3) is 0.250. The summed E-state index contributed by atoms with van der Waals surface area (Å²) in [5.41, 5.74) is 2.25. The second-order valence-corrected chi connectivity index (χ2v) is 5.42. The Morgan fingerprint density at radius 2 is 1.68 bits per heavy atom. The molecule has 2 aromatic rings. The molecule has 1 atom stereocenters. The minimum absolute atomic E-state index is 0.455. The molecule has 2 nitrogen and oxygen atoms in total. The number of rotatable bonds is 6. The lowest BCUT2D eigenvalue weighted by atomic mass is 10.1. The molecule has 0 aromatic heterocycles. The SMILES string of the molecule is O[C@@H](CNCCc1ccccc1)c1ccc(Br)cc1. The highest BCUT2D eigenvalue weighted by Crippen LogP contribution is 2.16. The minimum atomic E-state index is -0.455. The molecule has 0 saturated heterocycles. The molecule has 2 aromatic carbocycles. The maximum absolute atomic E-state index is 10.0. The van der Waals surface area contributed by atoms with Gasteiger partial charge in [-0.25, -0.2) is 0 Å². The summed E-state index contributed by atoms with van der Waals surface area (Å²) < 4.78 is 1.03. The van der Waals surface area contributed by atoms with Crippen molar-refractivity contribution in [2.75, 3.05) is 13.1 Å². The molecular weight excluding hydrogens is 302 g/mol. The average Bonchev–Trinajstić information content (AvgIpc) is 2.45. The number of nitrogens with one attached hydrogen (secondary N) is 1. The summed E-state index contributed by atoms with van der Waals surface area (Å²) >= 11 is 3.39. The molecule has 0 spiro atoms. The highest BCUT2D eigenvalue weighted by Gasteiger charge is 2.06. The van der Waals surface area contributed by atoms with E-state index in [0.29, 0.717) is 6.54 Å². The summed E-state index contributed by atoms with van der Waals surface area (Å²) in [6, 6.07) is 18.1. The van der Waals surface area contributed by atoms with E-state index in [4.69, 9.17) is 0 Å². The first kappa shape index (κ1) is 14.3. The van der Waals surface area contributed by atoms with Crippen LogP contribution in [0.5, 0.6) is 0 Å². The molecule has 0 heterocycles. The van der Waals surface area contributed by atoms with Gasteiger partial charge in [-0.15, -0.1) is 0 Å². The maximum atomic E-state index is 10.0. The molecule has 3 heteroatoms. The van der Waals surface area contributed by atoms with Crippen LogP contribution in [0.25, 0.3) is 0 Å². The van der Waals surface area contributed by atoms with Gasteiger partial charge in [-0.1, -0.05) is 58.4 Å². The Kier molecular flexibility index (Phi) is 5.58. The molecule has 2 rings (SSSR count). The zero-order valence-electron chi connectivity index (χ0n) is 10.7. The monoisotopic (exact) mass is 319 g/mol. The zero-order valence-corrected chi connectivity index (χ0v) is 12.3. The van der Waals surface area contributed by atoms with Gasteiger partial charge in [0.15, 0.2) is 0 Å². The van der Waals surface area contributed by atoms with E-state index in [1.54, 1.807) is 0 Å². The highest BCUT2D eigenvalue weighted by molar-refractivity contribution is 9.10. The van der Waals surface area contributed by atoms with Gasteiger partial charge in [-0.2, -0.15) is 0 Å². The van der Waals surface area contributed by atoms with Crippen LogP contribution in [0.15, 0.2) is 59.1 Å². The summed E-state index contributed by atoms with van der Waals surface area (Å²) in [6.45, 7) is 1.45. The van der Waals surface area contributed by atoms with Crippen molar-refractivity contribution in [3.63, 3.8) is 0 Å². The standard InChI is InChI=1S/C16H18BrNO/c17-15-8-6-14(7-9-15)16(19)12-18-11-10-13-4-2-1-3-5-13/h1-9,16,18-19H,10-12H2/t16-/m0/s1. The summed E-state index contributed by atoms with van der Waals surface area (Å²) in [5, 5.41) is 13.3. The van der Waals surface area contributed by atoms with Crippen LogP contribution in [0.1, 0.15) is 17.2 Å². The normalized spacial score (nSPS) is 12.3. The smallest absolute Gasteiger partial charge is 0.0914 e. The van der Waals surface area contributed by atoms with Crippen molar-refractivity contribution in [1.29, 1.82) is 0 Å². The molecule has 0 fully saturated rings. The molecule has 0 bridgehead atoms. The quantitative estimate of drug-likeness (QED) is 0.801. The van der Waals surface area contributed by atoms with E-state index in [9.17, 15) is 5.11 Å². The fourth-order valence-corrected chi connectivity index (χ4v) is 2.18. The average molecular weight is 320 g/mol. The van der Waals surface area contributed by atoms with Gasteiger partial charge in [0.25, 0.3) is 0 Å². The topological polar surface area (TPSA) is 32.3 Å². The third-order valence-electron chi connectivity index (χ3n) is 3.03. The molecule has 0 radical (unpaired) electrons. The number of halogens is 1. The van der Waals surface area contributed by atoms with Crippen LogP contribution < -0.4 is 5.32 Å². The van der Waals surface area contributed by atoms with Crippen molar-refractivity contribution >= 4 is 15.9 Å². The second kappa shape index (κ2) is 7.43. The second-order valence-electron chi connectivity index (χ2n) is 4.51. The lowest BCUT2D eigenvalue weighted by molar-refractivity contribution is 0.175. The van der Waals surface area contributed by atoms with Crippen LogP contribution in [-0.2, 0) is 6.42 Å². The predicted octanol–water partition coefficient (Wildman–Crippen LogP) is 3.31. The van der Waals surface area contributed by atoms with Crippen LogP contribution in [0, 0.1) is 0 Å². The van der Waals surface area contributed by atoms with Crippen LogP contribution in [0.2, 0.25) is 0 Å².